The first kappa shape index (κ1) is 27.2. The van der Waals surface area contributed by atoms with Crippen molar-refractivity contribution in [2.45, 2.75) is 20.0 Å². The molecule has 0 spiro atoms. The topological polar surface area (TPSA) is 9.23 Å². The van der Waals surface area contributed by atoms with Crippen LogP contribution in [0.2, 0.25) is 0 Å². The lowest BCUT2D eigenvalue weighted by molar-refractivity contribution is -0.189. The van der Waals surface area contributed by atoms with Gasteiger partial charge in [0.05, 0.1) is 0 Å². The third kappa shape index (κ3) is 5.88. The van der Waals surface area contributed by atoms with Crippen LogP contribution in [0.25, 0.3) is 16.7 Å². The molecule has 0 aliphatic rings. The van der Waals surface area contributed by atoms with Crippen LogP contribution in [0.5, 0.6) is 5.75 Å². The Morgan fingerprint density at radius 1 is 0.889 bits per heavy atom. The SMILES string of the molecule is C=C(C)/C=C\C(=C/C)c1ccc(-c2cc(F)c(C(F)(F)Oc3cc(F)c(F)c(P)c3)c(F)c2)c(F)c1. The van der Waals surface area contributed by atoms with E-state index in [4.69, 9.17) is 0 Å². The highest BCUT2D eigenvalue weighted by molar-refractivity contribution is 7.27. The molecule has 0 N–H and O–H groups in total. The molecule has 0 aliphatic carbocycles. The van der Waals surface area contributed by atoms with Gasteiger partial charge in [0.15, 0.2) is 11.6 Å². The Bertz CT molecular complexity index is 1350. The lowest BCUT2D eigenvalue weighted by atomic mass is 9.97. The van der Waals surface area contributed by atoms with Crippen molar-refractivity contribution in [1.82, 2.24) is 0 Å². The predicted molar refractivity (Wildman–Crippen MR) is 130 cm³/mol. The Morgan fingerprint density at radius 2 is 1.53 bits per heavy atom. The first-order valence-corrected chi connectivity index (χ1v) is 11.0. The van der Waals surface area contributed by atoms with E-state index >= 15 is 0 Å². The smallest absolute Gasteiger partial charge is 0.429 e. The first-order chi connectivity index (χ1) is 16.8. The first-order valence-electron chi connectivity index (χ1n) is 10.4. The van der Waals surface area contributed by atoms with E-state index in [1.54, 1.807) is 41.3 Å². The van der Waals surface area contributed by atoms with E-state index in [1.807, 2.05) is 0 Å². The molecule has 188 valence electrons. The number of halogens is 7. The maximum Gasteiger partial charge on any atom is 0.432 e. The summed E-state index contributed by atoms with van der Waals surface area (Å²) in [7, 11) is 1.78. The third-order valence-corrected chi connectivity index (χ3v) is 5.50. The molecule has 3 aromatic carbocycles. The fourth-order valence-electron chi connectivity index (χ4n) is 3.37. The number of allylic oxidation sites excluding steroid dienone is 5. The molecule has 0 heterocycles. The summed E-state index contributed by atoms with van der Waals surface area (Å²) >= 11 is 0. The van der Waals surface area contributed by atoms with Gasteiger partial charge in [-0.05, 0) is 54.8 Å². The molecule has 0 bridgehead atoms. The minimum absolute atomic E-state index is 0.222. The maximum absolute atomic E-state index is 14.9. The molecule has 0 saturated heterocycles. The van der Waals surface area contributed by atoms with Crippen molar-refractivity contribution >= 4 is 20.1 Å². The van der Waals surface area contributed by atoms with Crippen molar-refractivity contribution < 1.29 is 35.5 Å². The summed E-state index contributed by atoms with van der Waals surface area (Å²) in [6, 6.07) is 6.06. The molecule has 1 nitrogen and oxygen atoms in total. The van der Waals surface area contributed by atoms with Crippen LogP contribution in [0, 0.1) is 29.1 Å². The summed E-state index contributed by atoms with van der Waals surface area (Å²) in [5.41, 5.74) is -0.392. The highest BCUT2D eigenvalue weighted by Crippen LogP contribution is 2.38. The molecular weight excluding hydrogens is 504 g/mol. The molecule has 1 atom stereocenters. The molecule has 3 rings (SSSR count). The van der Waals surface area contributed by atoms with Gasteiger partial charge in [-0.3, -0.25) is 0 Å². The molecule has 0 radical (unpaired) electrons. The van der Waals surface area contributed by atoms with E-state index in [0.29, 0.717) is 29.3 Å². The molecular formula is C27H20F7OP. The second kappa shape index (κ2) is 10.7. The minimum Gasteiger partial charge on any atom is -0.429 e. The van der Waals surface area contributed by atoms with E-state index in [0.717, 1.165) is 17.7 Å². The second-order valence-electron chi connectivity index (χ2n) is 7.86. The van der Waals surface area contributed by atoms with Crippen LogP contribution in [0.4, 0.5) is 30.7 Å². The molecule has 0 saturated carbocycles. The van der Waals surface area contributed by atoms with E-state index in [-0.39, 0.29) is 11.1 Å². The summed E-state index contributed by atoms with van der Waals surface area (Å²) in [6.45, 7) is 7.28. The number of hydrogen-bond donors (Lipinski definition) is 0. The molecule has 0 amide bonds. The van der Waals surface area contributed by atoms with Crippen molar-refractivity contribution in [3.05, 3.63) is 113 Å². The zero-order chi connectivity index (χ0) is 26.8. The van der Waals surface area contributed by atoms with Crippen LogP contribution in [-0.2, 0) is 6.11 Å². The van der Waals surface area contributed by atoms with Crippen molar-refractivity contribution in [2.24, 2.45) is 0 Å². The standard InChI is InChI=1S/C27H20F7OP/c1-4-15(6-5-14(2)3)16-7-8-19(20(28)9-16)17-10-21(29)25(22(30)11-17)27(33,34)35-18-12-23(31)26(32)24(36)13-18/h4-13H,2,36H2,1,3H3/b6-5-,15-4+. The lowest BCUT2D eigenvalue weighted by Crippen LogP contribution is -2.26. The predicted octanol–water partition coefficient (Wildman–Crippen LogP) is 8.21. The highest BCUT2D eigenvalue weighted by atomic mass is 31.0. The van der Waals surface area contributed by atoms with Crippen LogP contribution in [0.15, 0.2) is 72.8 Å². The summed E-state index contributed by atoms with van der Waals surface area (Å²) in [4.78, 5) is 0. The molecule has 0 fully saturated rings. The van der Waals surface area contributed by atoms with Crippen molar-refractivity contribution in [2.75, 3.05) is 0 Å². The third-order valence-electron chi connectivity index (χ3n) is 5.08. The minimum atomic E-state index is -4.59. The Morgan fingerprint density at radius 3 is 2.06 bits per heavy atom. The van der Waals surface area contributed by atoms with Gasteiger partial charge in [0.1, 0.15) is 28.8 Å². The van der Waals surface area contributed by atoms with Crippen LogP contribution in [0.1, 0.15) is 25.0 Å². The fraction of sp³-hybridized carbons (Fsp3) is 0.111. The van der Waals surface area contributed by atoms with Gasteiger partial charge in [-0.15, -0.1) is 9.24 Å². The largest absolute Gasteiger partial charge is 0.432 e. The summed E-state index contributed by atoms with van der Waals surface area (Å²) < 4.78 is 105. The number of hydrogen-bond acceptors (Lipinski definition) is 1. The maximum atomic E-state index is 14.9. The average molecular weight is 524 g/mol. The van der Waals surface area contributed by atoms with Gasteiger partial charge in [0.25, 0.3) is 0 Å². The zero-order valence-corrected chi connectivity index (χ0v) is 20.3. The van der Waals surface area contributed by atoms with Crippen molar-refractivity contribution in [1.29, 1.82) is 0 Å². The number of alkyl halides is 2. The van der Waals surface area contributed by atoms with Crippen molar-refractivity contribution in [3.8, 4) is 16.9 Å². The second-order valence-corrected chi connectivity index (χ2v) is 8.48. The van der Waals surface area contributed by atoms with Crippen LogP contribution < -0.4 is 10.0 Å². The van der Waals surface area contributed by atoms with Gasteiger partial charge in [-0.1, -0.05) is 42.5 Å². The van der Waals surface area contributed by atoms with E-state index in [1.165, 1.54) is 12.1 Å². The molecule has 36 heavy (non-hydrogen) atoms. The monoisotopic (exact) mass is 524 g/mol. The van der Waals surface area contributed by atoms with Gasteiger partial charge in [-0.25, -0.2) is 22.0 Å². The van der Waals surface area contributed by atoms with Crippen LogP contribution >= 0.6 is 9.24 Å². The molecule has 0 aliphatic heterocycles. The normalized spacial score (nSPS) is 12.3. The van der Waals surface area contributed by atoms with Gasteiger partial charge >= 0.3 is 6.11 Å². The molecule has 1 unspecified atom stereocenters. The van der Waals surface area contributed by atoms with Gasteiger partial charge in [0.2, 0.25) is 0 Å². The number of ether oxygens (including phenoxy) is 1. The number of rotatable bonds is 7. The summed E-state index contributed by atoms with van der Waals surface area (Å²) in [6.07, 6.45) is 0.595. The summed E-state index contributed by atoms with van der Waals surface area (Å²) in [5, 5.41) is -0.424. The van der Waals surface area contributed by atoms with E-state index < -0.39 is 51.8 Å². The molecule has 3 aromatic rings. The fourth-order valence-corrected chi connectivity index (χ4v) is 3.67. The van der Waals surface area contributed by atoms with Gasteiger partial charge in [-0.2, -0.15) is 8.78 Å². The molecule has 0 aromatic heterocycles. The summed E-state index contributed by atoms with van der Waals surface area (Å²) in [5.74, 6) is -7.91. The lowest BCUT2D eigenvalue weighted by Gasteiger charge is -2.20. The van der Waals surface area contributed by atoms with Crippen LogP contribution in [0.3, 0.4) is 0 Å². The Balaban J connectivity index is 1.97. The van der Waals surface area contributed by atoms with Gasteiger partial charge in [0, 0.05) is 16.9 Å². The van der Waals surface area contributed by atoms with Crippen LogP contribution in [-0.4, -0.2) is 0 Å². The Hall–Kier alpha value is -3.38. The van der Waals surface area contributed by atoms with Crippen molar-refractivity contribution in [3.63, 3.8) is 0 Å². The molecule has 9 heteroatoms. The quantitative estimate of drug-likeness (QED) is 0.172. The zero-order valence-electron chi connectivity index (χ0n) is 19.1. The Kier molecular flexibility index (Phi) is 8.09. The van der Waals surface area contributed by atoms with E-state index in [9.17, 15) is 30.7 Å². The Labute approximate surface area is 205 Å². The van der Waals surface area contributed by atoms with Gasteiger partial charge < -0.3 is 4.74 Å². The van der Waals surface area contributed by atoms with E-state index in [2.05, 4.69) is 11.3 Å². The highest BCUT2D eigenvalue weighted by Gasteiger charge is 2.41. The number of benzene rings is 3. The average Bonchev–Trinajstić information content (AvgIpc) is 2.76.